The second-order valence-corrected chi connectivity index (χ2v) is 5.59. The van der Waals surface area contributed by atoms with E-state index in [0.29, 0.717) is 11.3 Å². The first-order valence-electron chi connectivity index (χ1n) is 7.28. The van der Waals surface area contributed by atoms with Gasteiger partial charge in [-0.3, -0.25) is 4.98 Å². The van der Waals surface area contributed by atoms with Gasteiger partial charge in [0.05, 0.1) is 31.3 Å². The van der Waals surface area contributed by atoms with Gasteiger partial charge in [-0.1, -0.05) is 6.58 Å². The van der Waals surface area contributed by atoms with Gasteiger partial charge in [0, 0.05) is 31.0 Å². The highest BCUT2D eigenvalue weighted by atomic mass is 16.5. The number of aliphatic hydroxyl groups excluding tert-OH is 1. The average molecular weight is 300 g/mol. The number of rotatable bonds is 4. The smallest absolute Gasteiger partial charge is 0.115 e. The zero-order chi connectivity index (χ0) is 15.5. The summed E-state index contributed by atoms with van der Waals surface area (Å²) >= 11 is 0. The van der Waals surface area contributed by atoms with Gasteiger partial charge in [-0.15, -0.1) is 0 Å². The van der Waals surface area contributed by atoms with Crippen molar-refractivity contribution in [3.05, 3.63) is 43.0 Å². The van der Waals surface area contributed by atoms with Crippen LogP contribution in [0.15, 0.2) is 37.4 Å². The fourth-order valence-electron chi connectivity index (χ4n) is 2.55. The minimum Gasteiger partial charge on any atom is -0.508 e. The maximum absolute atomic E-state index is 9.47. The molecule has 6 nitrogen and oxygen atoms in total. The number of ether oxygens (including phenoxy) is 1. The number of nitrogens with zero attached hydrogens (tertiary/aromatic N) is 4. The Morgan fingerprint density at radius 2 is 2.32 bits per heavy atom. The van der Waals surface area contributed by atoms with Crippen molar-refractivity contribution in [3.8, 4) is 11.4 Å². The molecule has 6 heteroatoms. The van der Waals surface area contributed by atoms with E-state index in [1.807, 2.05) is 10.8 Å². The summed E-state index contributed by atoms with van der Waals surface area (Å²) in [6.07, 6.45) is 5.56. The lowest BCUT2D eigenvalue weighted by Gasteiger charge is -2.30. The molecule has 0 saturated carbocycles. The van der Waals surface area contributed by atoms with E-state index in [1.54, 1.807) is 24.7 Å². The van der Waals surface area contributed by atoms with Gasteiger partial charge in [-0.05, 0) is 19.2 Å². The highest BCUT2D eigenvalue weighted by Gasteiger charge is 2.18. The minimum atomic E-state index is 0.0294. The Balaban J connectivity index is 1.73. The highest BCUT2D eigenvalue weighted by Crippen LogP contribution is 2.19. The Morgan fingerprint density at radius 1 is 1.45 bits per heavy atom. The number of hydrogen-bond donors (Lipinski definition) is 1. The van der Waals surface area contributed by atoms with Crippen LogP contribution in [-0.2, 0) is 11.3 Å². The van der Waals surface area contributed by atoms with E-state index >= 15 is 0 Å². The molecule has 3 heterocycles. The van der Waals surface area contributed by atoms with E-state index in [-0.39, 0.29) is 11.9 Å². The lowest BCUT2D eigenvalue weighted by Crippen LogP contribution is -2.41. The molecule has 116 valence electrons. The van der Waals surface area contributed by atoms with Crippen LogP contribution in [0, 0.1) is 0 Å². The summed E-state index contributed by atoms with van der Waals surface area (Å²) in [6.45, 7) is 6.97. The standard InChI is InChI=1S/C16H20N4O2/c1-12(21)13-3-4-17-15(7-13)16-10-20(11-18-16)9-14-8-19(2)5-6-22-14/h3-4,7,10-11,14,21H,1,5-6,8-9H2,2H3. The third-order valence-electron chi connectivity index (χ3n) is 3.75. The molecule has 1 fully saturated rings. The van der Waals surface area contributed by atoms with E-state index in [2.05, 4.69) is 28.5 Å². The fourth-order valence-corrected chi connectivity index (χ4v) is 2.55. The molecular formula is C16H20N4O2. The van der Waals surface area contributed by atoms with Crippen LogP contribution in [0.3, 0.4) is 0 Å². The first-order chi connectivity index (χ1) is 10.6. The Kier molecular flexibility index (Phi) is 4.22. The van der Waals surface area contributed by atoms with E-state index in [0.717, 1.165) is 31.9 Å². The summed E-state index contributed by atoms with van der Waals surface area (Å²) in [5, 5.41) is 9.47. The topological polar surface area (TPSA) is 63.4 Å². The molecule has 3 rings (SSSR count). The quantitative estimate of drug-likeness (QED) is 0.872. The Morgan fingerprint density at radius 3 is 3.09 bits per heavy atom. The molecule has 2 aromatic heterocycles. The minimum absolute atomic E-state index is 0.0294. The number of likely N-dealkylation sites (N-methyl/N-ethyl adjacent to an activating group) is 1. The van der Waals surface area contributed by atoms with Gasteiger partial charge in [0.2, 0.25) is 0 Å². The molecule has 0 aliphatic carbocycles. The van der Waals surface area contributed by atoms with Crippen molar-refractivity contribution in [2.75, 3.05) is 26.7 Å². The number of aliphatic hydroxyl groups is 1. The molecule has 2 aromatic rings. The SMILES string of the molecule is C=C(O)c1ccnc(-c2cn(CC3CN(C)CCO3)cn2)c1. The molecule has 1 atom stereocenters. The monoisotopic (exact) mass is 300 g/mol. The second kappa shape index (κ2) is 6.29. The lowest BCUT2D eigenvalue weighted by atomic mass is 10.2. The van der Waals surface area contributed by atoms with Crippen molar-refractivity contribution >= 4 is 5.76 Å². The van der Waals surface area contributed by atoms with Gasteiger partial charge in [0.1, 0.15) is 11.5 Å². The Labute approximate surface area is 129 Å². The number of pyridine rings is 1. The first-order valence-corrected chi connectivity index (χ1v) is 7.28. The molecule has 1 aliphatic heterocycles. The molecule has 0 amide bonds. The summed E-state index contributed by atoms with van der Waals surface area (Å²) in [5.41, 5.74) is 2.14. The van der Waals surface area contributed by atoms with E-state index in [9.17, 15) is 5.11 Å². The van der Waals surface area contributed by atoms with Crippen molar-refractivity contribution < 1.29 is 9.84 Å². The van der Waals surface area contributed by atoms with Gasteiger partial charge < -0.3 is 19.3 Å². The van der Waals surface area contributed by atoms with Gasteiger partial charge in [0.15, 0.2) is 0 Å². The number of aromatic nitrogens is 3. The molecule has 0 spiro atoms. The molecule has 22 heavy (non-hydrogen) atoms. The first kappa shape index (κ1) is 14.7. The van der Waals surface area contributed by atoms with Crippen LogP contribution < -0.4 is 0 Å². The number of hydrogen-bond acceptors (Lipinski definition) is 5. The van der Waals surface area contributed by atoms with Gasteiger partial charge in [-0.25, -0.2) is 4.98 Å². The molecule has 0 aromatic carbocycles. The van der Waals surface area contributed by atoms with Crippen molar-refractivity contribution in [3.63, 3.8) is 0 Å². The summed E-state index contributed by atoms with van der Waals surface area (Å²) in [4.78, 5) is 11.0. The molecule has 1 N–H and O–H groups in total. The number of morpholine rings is 1. The summed E-state index contributed by atoms with van der Waals surface area (Å²) in [7, 11) is 2.10. The van der Waals surface area contributed by atoms with Crippen LogP contribution >= 0.6 is 0 Å². The van der Waals surface area contributed by atoms with Gasteiger partial charge >= 0.3 is 0 Å². The highest BCUT2D eigenvalue weighted by molar-refractivity contribution is 5.62. The van der Waals surface area contributed by atoms with Gasteiger partial charge in [0.25, 0.3) is 0 Å². The largest absolute Gasteiger partial charge is 0.508 e. The molecule has 0 bridgehead atoms. The van der Waals surface area contributed by atoms with Gasteiger partial charge in [-0.2, -0.15) is 0 Å². The van der Waals surface area contributed by atoms with Crippen LogP contribution in [0.4, 0.5) is 0 Å². The summed E-state index contributed by atoms with van der Waals surface area (Å²) < 4.78 is 7.78. The van der Waals surface area contributed by atoms with Crippen LogP contribution in [0.2, 0.25) is 0 Å². The molecule has 1 unspecified atom stereocenters. The normalized spacial score (nSPS) is 19.2. The molecule has 0 radical (unpaired) electrons. The third kappa shape index (κ3) is 3.35. The summed E-state index contributed by atoms with van der Waals surface area (Å²) in [6, 6.07) is 3.49. The molecule has 1 aliphatic rings. The average Bonchev–Trinajstić information content (AvgIpc) is 2.96. The number of imidazole rings is 1. The zero-order valence-corrected chi connectivity index (χ0v) is 12.6. The summed E-state index contributed by atoms with van der Waals surface area (Å²) in [5.74, 6) is 0.0294. The van der Waals surface area contributed by atoms with Crippen LogP contribution in [0.5, 0.6) is 0 Å². The van der Waals surface area contributed by atoms with E-state index in [4.69, 9.17) is 4.74 Å². The maximum atomic E-state index is 9.47. The Bertz CT molecular complexity index is 668. The zero-order valence-electron chi connectivity index (χ0n) is 12.6. The van der Waals surface area contributed by atoms with E-state index < -0.39 is 0 Å². The van der Waals surface area contributed by atoms with Crippen LogP contribution in [0.1, 0.15) is 5.56 Å². The van der Waals surface area contributed by atoms with Crippen LogP contribution in [0.25, 0.3) is 17.1 Å². The maximum Gasteiger partial charge on any atom is 0.115 e. The Hall–Kier alpha value is -2.18. The fraction of sp³-hybridized carbons (Fsp3) is 0.375. The molecule has 1 saturated heterocycles. The predicted molar refractivity (Wildman–Crippen MR) is 84.4 cm³/mol. The van der Waals surface area contributed by atoms with Crippen molar-refractivity contribution in [1.82, 2.24) is 19.4 Å². The second-order valence-electron chi connectivity index (χ2n) is 5.59. The van der Waals surface area contributed by atoms with Crippen molar-refractivity contribution in [1.29, 1.82) is 0 Å². The van der Waals surface area contributed by atoms with Crippen molar-refractivity contribution in [2.24, 2.45) is 0 Å². The predicted octanol–water partition coefficient (Wildman–Crippen LogP) is 1.80. The van der Waals surface area contributed by atoms with Crippen molar-refractivity contribution in [2.45, 2.75) is 12.6 Å². The molecular weight excluding hydrogens is 280 g/mol. The third-order valence-corrected chi connectivity index (χ3v) is 3.75. The lowest BCUT2D eigenvalue weighted by molar-refractivity contribution is -0.0274. The van der Waals surface area contributed by atoms with E-state index in [1.165, 1.54) is 0 Å². The van der Waals surface area contributed by atoms with Crippen LogP contribution in [-0.4, -0.2) is 57.4 Å².